The minimum absolute atomic E-state index is 0.143. The van der Waals surface area contributed by atoms with Gasteiger partial charge in [0.1, 0.15) is 0 Å². The number of carbonyl (C=O) groups is 1. The van der Waals surface area contributed by atoms with Crippen LogP contribution in [0.15, 0.2) is 28.7 Å². The van der Waals surface area contributed by atoms with E-state index in [0.717, 1.165) is 35.7 Å². The normalized spacial score (nSPS) is 17.4. The van der Waals surface area contributed by atoms with Crippen molar-refractivity contribution >= 4 is 21.8 Å². The minimum atomic E-state index is -0.261. The molecule has 0 saturated heterocycles. The third kappa shape index (κ3) is 4.05. The molecule has 2 N–H and O–H groups in total. The second-order valence-electron chi connectivity index (χ2n) is 5.63. The number of halogens is 1. The Labute approximate surface area is 123 Å². The van der Waals surface area contributed by atoms with Crippen LogP contribution in [0, 0.1) is 0 Å². The first-order chi connectivity index (χ1) is 8.98. The number of nitrogens with zero attached hydrogens (tertiary/aromatic N) is 1. The third-order valence-corrected chi connectivity index (χ3v) is 4.33. The molecule has 1 fully saturated rings. The van der Waals surface area contributed by atoms with Crippen molar-refractivity contribution in [2.75, 3.05) is 7.05 Å². The summed E-state index contributed by atoms with van der Waals surface area (Å²) in [7, 11) is 1.85. The molecule has 2 rings (SSSR count). The van der Waals surface area contributed by atoms with Crippen molar-refractivity contribution in [1.29, 1.82) is 0 Å². The van der Waals surface area contributed by atoms with Gasteiger partial charge in [0.2, 0.25) is 5.91 Å². The van der Waals surface area contributed by atoms with E-state index >= 15 is 0 Å². The van der Waals surface area contributed by atoms with Crippen LogP contribution in [-0.2, 0) is 11.3 Å². The van der Waals surface area contributed by atoms with Crippen molar-refractivity contribution in [1.82, 2.24) is 4.90 Å². The van der Waals surface area contributed by atoms with Gasteiger partial charge < -0.3 is 10.6 Å². The molecule has 1 aliphatic rings. The largest absolute Gasteiger partial charge is 0.341 e. The van der Waals surface area contributed by atoms with E-state index < -0.39 is 0 Å². The molecule has 1 aromatic rings. The lowest BCUT2D eigenvalue weighted by Gasteiger charge is -2.26. The highest BCUT2D eigenvalue weighted by Gasteiger charge is 2.32. The highest BCUT2D eigenvalue weighted by atomic mass is 79.9. The monoisotopic (exact) mass is 324 g/mol. The summed E-state index contributed by atoms with van der Waals surface area (Å²) in [6, 6.07) is 8.04. The maximum absolute atomic E-state index is 12.2. The second kappa shape index (κ2) is 6.06. The summed E-state index contributed by atoms with van der Waals surface area (Å²) in [6.07, 6.45) is 4.72. The predicted molar refractivity (Wildman–Crippen MR) is 80.6 cm³/mol. The van der Waals surface area contributed by atoms with Crippen molar-refractivity contribution in [3.8, 4) is 0 Å². The standard InChI is InChI=1S/C15H21BrN2O/c1-18(11-12-5-4-6-13(16)9-12)14(19)10-15(17)7-2-3-8-15/h4-6,9H,2-3,7-8,10-11,17H2,1H3. The SMILES string of the molecule is CN(Cc1cccc(Br)c1)C(=O)CC1(N)CCCC1. The van der Waals surface area contributed by atoms with Crippen LogP contribution in [0.25, 0.3) is 0 Å². The van der Waals surface area contributed by atoms with Gasteiger partial charge in [0, 0.05) is 30.0 Å². The van der Waals surface area contributed by atoms with Gasteiger partial charge in [-0.25, -0.2) is 0 Å². The van der Waals surface area contributed by atoms with Gasteiger partial charge in [0.05, 0.1) is 0 Å². The highest BCUT2D eigenvalue weighted by Crippen LogP contribution is 2.30. The Morgan fingerprint density at radius 2 is 2.11 bits per heavy atom. The van der Waals surface area contributed by atoms with Crippen LogP contribution in [0.2, 0.25) is 0 Å². The molecule has 4 heteroatoms. The maximum Gasteiger partial charge on any atom is 0.224 e. The first-order valence-electron chi connectivity index (χ1n) is 6.76. The summed E-state index contributed by atoms with van der Waals surface area (Å²) >= 11 is 3.45. The van der Waals surface area contributed by atoms with Crippen LogP contribution in [0.1, 0.15) is 37.7 Å². The van der Waals surface area contributed by atoms with Gasteiger partial charge in [-0.2, -0.15) is 0 Å². The Balaban J connectivity index is 1.92. The summed E-state index contributed by atoms with van der Waals surface area (Å²) < 4.78 is 1.04. The van der Waals surface area contributed by atoms with E-state index in [0.29, 0.717) is 13.0 Å². The van der Waals surface area contributed by atoms with E-state index in [9.17, 15) is 4.79 Å². The van der Waals surface area contributed by atoms with Crippen molar-refractivity contribution < 1.29 is 4.79 Å². The molecule has 1 amide bonds. The van der Waals surface area contributed by atoms with E-state index in [1.807, 2.05) is 31.3 Å². The molecule has 1 saturated carbocycles. The molecule has 0 atom stereocenters. The summed E-state index contributed by atoms with van der Waals surface area (Å²) in [5.74, 6) is 0.143. The topological polar surface area (TPSA) is 46.3 Å². The summed E-state index contributed by atoms with van der Waals surface area (Å²) in [4.78, 5) is 14.0. The van der Waals surface area contributed by atoms with Crippen molar-refractivity contribution in [3.63, 3.8) is 0 Å². The van der Waals surface area contributed by atoms with Crippen molar-refractivity contribution in [2.24, 2.45) is 5.73 Å². The highest BCUT2D eigenvalue weighted by molar-refractivity contribution is 9.10. The van der Waals surface area contributed by atoms with E-state index in [1.54, 1.807) is 4.90 Å². The zero-order chi connectivity index (χ0) is 13.9. The Morgan fingerprint density at radius 3 is 2.74 bits per heavy atom. The maximum atomic E-state index is 12.2. The fourth-order valence-electron chi connectivity index (χ4n) is 2.69. The molecule has 0 radical (unpaired) electrons. The zero-order valence-corrected chi connectivity index (χ0v) is 12.9. The molecule has 104 valence electrons. The van der Waals surface area contributed by atoms with Gasteiger partial charge in [-0.05, 0) is 30.5 Å². The Kier molecular flexibility index (Phi) is 4.63. The molecule has 1 aliphatic carbocycles. The number of hydrogen-bond acceptors (Lipinski definition) is 2. The predicted octanol–water partition coefficient (Wildman–Crippen LogP) is 3.07. The quantitative estimate of drug-likeness (QED) is 0.925. The van der Waals surface area contributed by atoms with Crippen LogP contribution >= 0.6 is 15.9 Å². The van der Waals surface area contributed by atoms with E-state index in [1.165, 1.54) is 0 Å². The number of amides is 1. The van der Waals surface area contributed by atoms with Gasteiger partial charge in [-0.3, -0.25) is 4.79 Å². The molecule has 19 heavy (non-hydrogen) atoms. The van der Waals surface area contributed by atoms with Crippen LogP contribution in [0.3, 0.4) is 0 Å². The third-order valence-electron chi connectivity index (χ3n) is 3.84. The molecule has 0 aromatic heterocycles. The summed E-state index contributed by atoms with van der Waals surface area (Å²) in [5, 5.41) is 0. The minimum Gasteiger partial charge on any atom is -0.341 e. The fraction of sp³-hybridized carbons (Fsp3) is 0.533. The number of nitrogens with two attached hydrogens (primary N) is 1. The lowest BCUT2D eigenvalue weighted by molar-refractivity contribution is -0.131. The molecule has 0 bridgehead atoms. The molecule has 0 aliphatic heterocycles. The molecule has 3 nitrogen and oxygen atoms in total. The molecule has 0 spiro atoms. The lowest BCUT2D eigenvalue weighted by atomic mass is 9.94. The first-order valence-corrected chi connectivity index (χ1v) is 7.55. The number of carbonyl (C=O) groups excluding carboxylic acids is 1. The first kappa shape index (κ1) is 14.5. The van der Waals surface area contributed by atoms with Crippen molar-refractivity contribution in [3.05, 3.63) is 34.3 Å². The molecule has 1 aromatic carbocycles. The van der Waals surface area contributed by atoms with E-state index in [4.69, 9.17) is 5.73 Å². The fourth-order valence-corrected chi connectivity index (χ4v) is 3.14. The average Bonchev–Trinajstić information content (AvgIpc) is 2.75. The van der Waals surface area contributed by atoms with Gasteiger partial charge in [-0.1, -0.05) is 40.9 Å². The van der Waals surface area contributed by atoms with Gasteiger partial charge >= 0.3 is 0 Å². The van der Waals surface area contributed by atoms with Crippen LogP contribution in [0.5, 0.6) is 0 Å². The van der Waals surface area contributed by atoms with Gasteiger partial charge in [-0.15, -0.1) is 0 Å². The summed E-state index contributed by atoms with van der Waals surface area (Å²) in [6.45, 7) is 0.633. The van der Waals surface area contributed by atoms with Crippen LogP contribution < -0.4 is 5.73 Å². The van der Waals surface area contributed by atoms with E-state index in [2.05, 4.69) is 15.9 Å². The Bertz CT molecular complexity index is 455. The molecule has 0 heterocycles. The smallest absolute Gasteiger partial charge is 0.224 e. The number of benzene rings is 1. The average molecular weight is 325 g/mol. The van der Waals surface area contributed by atoms with Crippen LogP contribution in [0.4, 0.5) is 0 Å². The molecular formula is C15H21BrN2O. The zero-order valence-electron chi connectivity index (χ0n) is 11.4. The Morgan fingerprint density at radius 1 is 1.42 bits per heavy atom. The van der Waals surface area contributed by atoms with Gasteiger partial charge in [0.15, 0.2) is 0 Å². The number of rotatable bonds is 4. The number of hydrogen-bond donors (Lipinski definition) is 1. The molecule has 0 unspecified atom stereocenters. The van der Waals surface area contributed by atoms with Gasteiger partial charge in [0.25, 0.3) is 0 Å². The Hall–Kier alpha value is -0.870. The summed E-state index contributed by atoms with van der Waals surface area (Å²) in [5.41, 5.74) is 7.13. The van der Waals surface area contributed by atoms with Crippen molar-refractivity contribution in [2.45, 2.75) is 44.2 Å². The molecular weight excluding hydrogens is 304 g/mol. The lowest BCUT2D eigenvalue weighted by Crippen LogP contribution is -2.42. The van der Waals surface area contributed by atoms with E-state index in [-0.39, 0.29) is 11.4 Å². The second-order valence-corrected chi connectivity index (χ2v) is 6.54. The van der Waals surface area contributed by atoms with Crippen LogP contribution in [-0.4, -0.2) is 23.4 Å².